The molecule has 3 heteroatoms. The van der Waals surface area contributed by atoms with Gasteiger partial charge in [-0.3, -0.25) is 4.90 Å². The van der Waals surface area contributed by atoms with E-state index in [1.807, 2.05) is 11.8 Å². The molecule has 2 heterocycles. The molecule has 0 aromatic carbocycles. The Balaban J connectivity index is 1.85. The zero-order valence-corrected chi connectivity index (χ0v) is 7.52. The van der Waals surface area contributed by atoms with Crippen molar-refractivity contribution in [3.05, 3.63) is 0 Å². The number of hydrogen-bond acceptors (Lipinski definition) is 3. The molecule has 0 unspecified atom stereocenters. The lowest BCUT2D eigenvalue weighted by Gasteiger charge is -2.21. The first-order valence-electron chi connectivity index (χ1n) is 4.36. The summed E-state index contributed by atoms with van der Waals surface area (Å²) < 4.78 is 0. The summed E-state index contributed by atoms with van der Waals surface area (Å²) in [4.78, 5) is 2.45. The van der Waals surface area contributed by atoms with Gasteiger partial charge in [0.25, 0.3) is 0 Å². The second-order valence-corrected chi connectivity index (χ2v) is 4.60. The van der Waals surface area contributed by atoms with Crippen LogP contribution < -0.4 is 0 Å². The van der Waals surface area contributed by atoms with Crippen LogP contribution in [0.4, 0.5) is 0 Å². The van der Waals surface area contributed by atoms with Crippen LogP contribution in [0.2, 0.25) is 0 Å². The van der Waals surface area contributed by atoms with Gasteiger partial charge in [-0.05, 0) is 18.6 Å². The highest BCUT2D eigenvalue weighted by atomic mass is 32.2. The Morgan fingerprint density at radius 2 is 2.27 bits per heavy atom. The molecule has 2 aliphatic heterocycles. The van der Waals surface area contributed by atoms with E-state index in [4.69, 9.17) is 0 Å². The number of nitrogens with zero attached hydrogens (tertiary/aromatic N) is 1. The second-order valence-electron chi connectivity index (χ2n) is 3.45. The van der Waals surface area contributed by atoms with Gasteiger partial charge in [-0.1, -0.05) is 0 Å². The average Bonchev–Trinajstić information content (AvgIpc) is 2.55. The first-order valence-corrected chi connectivity index (χ1v) is 5.51. The normalized spacial score (nSPS) is 40.1. The lowest BCUT2D eigenvalue weighted by atomic mass is 10.2. The van der Waals surface area contributed by atoms with Crippen molar-refractivity contribution < 1.29 is 5.11 Å². The van der Waals surface area contributed by atoms with E-state index in [1.165, 1.54) is 17.9 Å². The van der Waals surface area contributed by atoms with Crippen LogP contribution in [0.1, 0.15) is 12.8 Å². The molecule has 2 rings (SSSR count). The quantitative estimate of drug-likeness (QED) is 0.627. The molecule has 0 radical (unpaired) electrons. The van der Waals surface area contributed by atoms with Crippen molar-refractivity contribution >= 4 is 11.8 Å². The SMILES string of the molecule is O[C@H]1CCN([C@@H]2CCSC2)C1. The molecule has 0 spiro atoms. The van der Waals surface area contributed by atoms with Crippen molar-refractivity contribution in [1.82, 2.24) is 4.90 Å². The summed E-state index contributed by atoms with van der Waals surface area (Å²) in [5.41, 5.74) is 0. The molecule has 1 N–H and O–H groups in total. The maximum Gasteiger partial charge on any atom is 0.0679 e. The van der Waals surface area contributed by atoms with Gasteiger partial charge in [0.15, 0.2) is 0 Å². The van der Waals surface area contributed by atoms with E-state index in [9.17, 15) is 5.11 Å². The summed E-state index contributed by atoms with van der Waals surface area (Å²) >= 11 is 2.05. The van der Waals surface area contributed by atoms with E-state index in [-0.39, 0.29) is 6.10 Å². The molecule has 2 fully saturated rings. The lowest BCUT2D eigenvalue weighted by Crippen LogP contribution is -2.33. The van der Waals surface area contributed by atoms with E-state index in [0.29, 0.717) is 0 Å². The van der Waals surface area contributed by atoms with Gasteiger partial charge in [0.1, 0.15) is 0 Å². The first-order chi connectivity index (χ1) is 5.36. The average molecular weight is 173 g/mol. The standard InChI is InChI=1S/C8H15NOS/c10-8-1-3-9(5-8)7-2-4-11-6-7/h7-8,10H,1-6H2/t7-,8+/m1/s1. The highest BCUT2D eigenvalue weighted by molar-refractivity contribution is 7.99. The molecule has 2 saturated heterocycles. The summed E-state index contributed by atoms with van der Waals surface area (Å²) in [5, 5.41) is 9.31. The number of β-amino-alcohol motifs (C(OH)–C–C–N with tert-alkyl or cyclic N) is 1. The van der Waals surface area contributed by atoms with Crippen LogP contribution in [0.25, 0.3) is 0 Å². The Morgan fingerprint density at radius 3 is 2.82 bits per heavy atom. The van der Waals surface area contributed by atoms with Crippen molar-refractivity contribution in [3.63, 3.8) is 0 Å². The molecule has 0 aliphatic carbocycles. The van der Waals surface area contributed by atoms with Gasteiger partial charge < -0.3 is 5.11 Å². The predicted octanol–water partition coefficient (Wildman–Crippen LogP) is 0.559. The lowest BCUT2D eigenvalue weighted by molar-refractivity contribution is 0.164. The Labute approximate surface area is 72.0 Å². The van der Waals surface area contributed by atoms with Crippen LogP contribution in [-0.4, -0.2) is 46.7 Å². The number of likely N-dealkylation sites (tertiary alicyclic amines) is 1. The fourth-order valence-corrected chi connectivity index (χ4v) is 3.16. The maximum atomic E-state index is 9.31. The van der Waals surface area contributed by atoms with Gasteiger partial charge in [-0.25, -0.2) is 0 Å². The van der Waals surface area contributed by atoms with Gasteiger partial charge in [-0.2, -0.15) is 11.8 Å². The van der Waals surface area contributed by atoms with Gasteiger partial charge in [0.05, 0.1) is 6.10 Å². The molecule has 0 bridgehead atoms. The first kappa shape index (κ1) is 7.90. The monoisotopic (exact) mass is 173 g/mol. The van der Waals surface area contributed by atoms with E-state index in [0.717, 1.165) is 25.6 Å². The minimum Gasteiger partial charge on any atom is -0.392 e. The zero-order valence-electron chi connectivity index (χ0n) is 6.70. The topological polar surface area (TPSA) is 23.5 Å². The van der Waals surface area contributed by atoms with Crippen molar-refractivity contribution in [2.24, 2.45) is 0 Å². The van der Waals surface area contributed by atoms with Crippen LogP contribution >= 0.6 is 11.8 Å². The van der Waals surface area contributed by atoms with Crippen LogP contribution in [0.15, 0.2) is 0 Å². The molecule has 0 saturated carbocycles. The van der Waals surface area contributed by atoms with Gasteiger partial charge in [0, 0.05) is 24.9 Å². The van der Waals surface area contributed by atoms with Gasteiger partial charge >= 0.3 is 0 Å². The van der Waals surface area contributed by atoms with Crippen LogP contribution in [-0.2, 0) is 0 Å². The largest absolute Gasteiger partial charge is 0.392 e. The fourth-order valence-electron chi connectivity index (χ4n) is 1.91. The number of rotatable bonds is 1. The van der Waals surface area contributed by atoms with Crippen molar-refractivity contribution in [1.29, 1.82) is 0 Å². The van der Waals surface area contributed by atoms with Gasteiger partial charge in [-0.15, -0.1) is 0 Å². The third-order valence-electron chi connectivity index (χ3n) is 2.62. The van der Waals surface area contributed by atoms with E-state index >= 15 is 0 Å². The number of aliphatic hydroxyl groups excluding tert-OH is 1. The summed E-state index contributed by atoms with van der Waals surface area (Å²) in [6.45, 7) is 2.04. The van der Waals surface area contributed by atoms with E-state index in [2.05, 4.69) is 4.90 Å². The number of thioether (sulfide) groups is 1. The molecule has 0 aromatic rings. The molecule has 64 valence electrons. The maximum absolute atomic E-state index is 9.31. The summed E-state index contributed by atoms with van der Waals surface area (Å²) in [5.74, 6) is 2.60. The third kappa shape index (κ3) is 1.71. The Hall–Kier alpha value is 0.270. The Kier molecular flexibility index (Phi) is 2.39. The molecule has 0 amide bonds. The molecular weight excluding hydrogens is 158 g/mol. The summed E-state index contributed by atoms with van der Waals surface area (Å²) in [7, 11) is 0. The molecule has 0 aromatic heterocycles. The second kappa shape index (κ2) is 3.33. The summed E-state index contributed by atoms with van der Waals surface area (Å²) in [6.07, 6.45) is 2.28. The minimum atomic E-state index is -0.0411. The smallest absolute Gasteiger partial charge is 0.0679 e. The molecule has 2 nitrogen and oxygen atoms in total. The minimum absolute atomic E-state index is 0.0411. The highest BCUT2D eigenvalue weighted by Crippen LogP contribution is 2.25. The summed E-state index contributed by atoms with van der Waals surface area (Å²) in [6, 6.07) is 0.775. The van der Waals surface area contributed by atoms with Crippen molar-refractivity contribution in [3.8, 4) is 0 Å². The molecular formula is C8H15NOS. The number of hydrogen-bond donors (Lipinski definition) is 1. The number of aliphatic hydroxyl groups is 1. The van der Waals surface area contributed by atoms with Crippen LogP contribution in [0.5, 0.6) is 0 Å². The highest BCUT2D eigenvalue weighted by Gasteiger charge is 2.28. The van der Waals surface area contributed by atoms with Crippen molar-refractivity contribution in [2.45, 2.75) is 25.0 Å². The fraction of sp³-hybridized carbons (Fsp3) is 1.00. The molecule has 2 aliphatic rings. The molecule has 11 heavy (non-hydrogen) atoms. The Bertz CT molecular complexity index is 136. The van der Waals surface area contributed by atoms with Crippen LogP contribution in [0.3, 0.4) is 0 Å². The van der Waals surface area contributed by atoms with E-state index in [1.54, 1.807) is 0 Å². The Morgan fingerprint density at radius 1 is 1.36 bits per heavy atom. The van der Waals surface area contributed by atoms with Gasteiger partial charge in [0.2, 0.25) is 0 Å². The van der Waals surface area contributed by atoms with Crippen molar-refractivity contribution in [2.75, 3.05) is 24.6 Å². The molecule has 2 atom stereocenters. The van der Waals surface area contributed by atoms with E-state index < -0.39 is 0 Å². The predicted molar refractivity (Wildman–Crippen MR) is 47.9 cm³/mol. The van der Waals surface area contributed by atoms with Crippen LogP contribution in [0, 0.1) is 0 Å². The zero-order chi connectivity index (χ0) is 7.68. The third-order valence-corrected chi connectivity index (χ3v) is 3.76.